The Bertz CT molecular complexity index is 824. The van der Waals surface area contributed by atoms with Gasteiger partial charge >= 0.3 is 5.97 Å². The summed E-state index contributed by atoms with van der Waals surface area (Å²) in [5, 5.41) is 2.71. The van der Waals surface area contributed by atoms with Crippen molar-refractivity contribution >= 4 is 33.7 Å². The lowest BCUT2D eigenvalue weighted by molar-refractivity contribution is -0.148. The largest absolute Gasteiger partial charge is 0.461 e. The summed E-state index contributed by atoms with van der Waals surface area (Å²) in [6, 6.07) is 15.3. The van der Waals surface area contributed by atoms with Gasteiger partial charge in [0.1, 0.15) is 12.6 Å². The molecule has 0 aliphatic carbocycles. The van der Waals surface area contributed by atoms with Crippen LogP contribution in [-0.4, -0.2) is 41.8 Å². The van der Waals surface area contributed by atoms with E-state index in [0.717, 1.165) is 10.0 Å². The predicted molar refractivity (Wildman–Crippen MR) is 103 cm³/mol. The van der Waals surface area contributed by atoms with Crippen molar-refractivity contribution in [1.82, 2.24) is 10.2 Å². The van der Waals surface area contributed by atoms with Crippen molar-refractivity contribution in [3.8, 4) is 0 Å². The molecular formula is C20H19BrN2O4. The van der Waals surface area contributed by atoms with Gasteiger partial charge < -0.3 is 15.0 Å². The van der Waals surface area contributed by atoms with Gasteiger partial charge in [-0.25, -0.2) is 0 Å². The first kappa shape index (κ1) is 19.1. The maximum atomic E-state index is 12.8. The van der Waals surface area contributed by atoms with Gasteiger partial charge in [0.15, 0.2) is 0 Å². The second-order valence-corrected chi connectivity index (χ2v) is 7.08. The summed E-state index contributed by atoms with van der Waals surface area (Å²) in [6.45, 7) is 0.836. The van der Waals surface area contributed by atoms with Gasteiger partial charge in [-0.15, -0.1) is 0 Å². The number of carbonyl (C=O) groups excluding carboxylic acids is 3. The van der Waals surface area contributed by atoms with Crippen molar-refractivity contribution in [3.05, 3.63) is 70.2 Å². The Labute approximate surface area is 165 Å². The number of nitrogens with one attached hydrogen (secondary N) is 1. The monoisotopic (exact) mass is 430 g/mol. The van der Waals surface area contributed by atoms with E-state index >= 15 is 0 Å². The highest BCUT2D eigenvalue weighted by atomic mass is 79.9. The van der Waals surface area contributed by atoms with Crippen LogP contribution in [0.1, 0.15) is 22.3 Å². The number of rotatable bonds is 5. The van der Waals surface area contributed by atoms with Gasteiger partial charge in [-0.3, -0.25) is 14.4 Å². The van der Waals surface area contributed by atoms with E-state index in [-0.39, 0.29) is 24.8 Å². The van der Waals surface area contributed by atoms with Gasteiger partial charge in [0, 0.05) is 23.1 Å². The Balaban J connectivity index is 1.66. The molecule has 6 nitrogen and oxygen atoms in total. The smallest absolute Gasteiger partial charge is 0.308 e. The SMILES string of the molecule is O=C(CC1C(=O)NCCN1C(=O)c1ccc(Br)cc1)OCc1ccccc1. The lowest BCUT2D eigenvalue weighted by Crippen LogP contribution is -2.57. The van der Waals surface area contributed by atoms with Gasteiger partial charge in [0.05, 0.1) is 6.42 Å². The van der Waals surface area contributed by atoms with Crippen molar-refractivity contribution in [2.75, 3.05) is 13.1 Å². The van der Waals surface area contributed by atoms with E-state index in [2.05, 4.69) is 21.2 Å². The molecule has 1 aliphatic heterocycles. The molecule has 1 unspecified atom stereocenters. The highest BCUT2D eigenvalue weighted by Crippen LogP contribution is 2.17. The molecule has 3 rings (SSSR count). The second kappa shape index (κ2) is 8.81. The van der Waals surface area contributed by atoms with E-state index < -0.39 is 12.0 Å². The van der Waals surface area contributed by atoms with Crippen molar-refractivity contribution < 1.29 is 19.1 Å². The van der Waals surface area contributed by atoms with E-state index in [1.165, 1.54) is 4.90 Å². The highest BCUT2D eigenvalue weighted by Gasteiger charge is 2.35. The van der Waals surface area contributed by atoms with Gasteiger partial charge in [-0.2, -0.15) is 0 Å². The van der Waals surface area contributed by atoms with E-state index in [4.69, 9.17) is 4.74 Å². The topological polar surface area (TPSA) is 75.7 Å². The maximum Gasteiger partial charge on any atom is 0.308 e. The van der Waals surface area contributed by atoms with Gasteiger partial charge in [0.2, 0.25) is 5.91 Å². The number of ether oxygens (including phenoxy) is 1. The molecule has 7 heteroatoms. The van der Waals surface area contributed by atoms with Crippen molar-refractivity contribution in [3.63, 3.8) is 0 Å². The molecule has 27 heavy (non-hydrogen) atoms. The van der Waals surface area contributed by atoms with Crippen LogP contribution in [0.3, 0.4) is 0 Å². The molecule has 0 bridgehead atoms. The van der Waals surface area contributed by atoms with Crippen LogP contribution in [-0.2, 0) is 20.9 Å². The van der Waals surface area contributed by atoms with Crippen LogP contribution in [0.4, 0.5) is 0 Å². The molecule has 1 saturated heterocycles. The molecule has 2 aromatic rings. The van der Waals surface area contributed by atoms with Crippen molar-refractivity contribution in [2.24, 2.45) is 0 Å². The molecule has 0 saturated carbocycles. The zero-order valence-corrected chi connectivity index (χ0v) is 16.1. The molecule has 1 fully saturated rings. The zero-order chi connectivity index (χ0) is 19.2. The number of carbonyl (C=O) groups is 3. The third-order valence-corrected chi connectivity index (χ3v) is 4.81. The zero-order valence-electron chi connectivity index (χ0n) is 14.6. The molecule has 2 aromatic carbocycles. The quantitative estimate of drug-likeness (QED) is 0.739. The minimum atomic E-state index is -0.877. The molecule has 1 N–H and O–H groups in total. The average molecular weight is 431 g/mol. The van der Waals surface area contributed by atoms with Crippen LogP contribution >= 0.6 is 15.9 Å². The normalized spacial score (nSPS) is 16.6. The molecule has 1 aliphatic rings. The Kier molecular flexibility index (Phi) is 6.24. The Morgan fingerprint density at radius 3 is 2.52 bits per heavy atom. The van der Waals surface area contributed by atoms with Gasteiger partial charge in [0.25, 0.3) is 5.91 Å². The number of hydrogen-bond donors (Lipinski definition) is 1. The Morgan fingerprint density at radius 2 is 1.81 bits per heavy atom. The lowest BCUT2D eigenvalue weighted by Gasteiger charge is -2.34. The molecule has 2 amide bonds. The summed E-state index contributed by atoms with van der Waals surface area (Å²) >= 11 is 3.33. The average Bonchev–Trinajstić information content (AvgIpc) is 2.69. The molecule has 140 valence electrons. The van der Waals surface area contributed by atoms with Gasteiger partial charge in [-0.05, 0) is 29.8 Å². The molecule has 0 spiro atoms. The highest BCUT2D eigenvalue weighted by molar-refractivity contribution is 9.10. The van der Waals surface area contributed by atoms with Crippen LogP contribution in [0.5, 0.6) is 0 Å². The summed E-state index contributed by atoms with van der Waals surface area (Å²) < 4.78 is 6.12. The second-order valence-electron chi connectivity index (χ2n) is 6.16. The maximum absolute atomic E-state index is 12.8. The first-order chi connectivity index (χ1) is 13.0. The van der Waals surface area contributed by atoms with Gasteiger partial charge in [-0.1, -0.05) is 46.3 Å². The number of amides is 2. The fourth-order valence-corrected chi connectivity index (χ4v) is 3.14. The number of halogens is 1. The van der Waals surface area contributed by atoms with E-state index in [1.807, 2.05) is 30.3 Å². The fraction of sp³-hybridized carbons (Fsp3) is 0.250. The number of hydrogen-bond acceptors (Lipinski definition) is 4. The molecule has 1 atom stereocenters. The lowest BCUT2D eigenvalue weighted by atomic mass is 10.1. The van der Waals surface area contributed by atoms with Crippen LogP contribution in [0.15, 0.2) is 59.1 Å². The van der Waals surface area contributed by atoms with Crippen molar-refractivity contribution in [2.45, 2.75) is 19.1 Å². The van der Waals surface area contributed by atoms with E-state index in [0.29, 0.717) is 18.7 Å². The molecular weight excluding hydrogens is 412 g/mol. The summed E-state index contributed by atoms with van der Waals surface area (Å²) in [4.78, 5) is 38.8. The molecule has 0 radical (unpaired) electrons. The third kappa shape index (κ3) is 4.95. The molecule has 0 aromatic heterocycles. The Hall–Kier alpha value is -2.67. The van der Waals surface area contributed by atoms with Crippen LogP contribution in [0.25, 0.3) is 0 Å². The van der Waals surface area contributed by atoms with E-state index in [1.54, 1.807) is 24.3 Å². The summed E-state index contributed by atoms with van der Waals surface area (Å²) in [6.07, 6.45) is -0.180. The minimum Gasteiger partial charge on any atom is -0.461 e. The Morgan fingerprint density at radius 1 is 1.11 bits per heavy atom. The standard InChI is InChI=1S/C20H19BrN2O4/c21-16-8-6-15(7-9-16)20(26)23-11-10-22-19(25)17(23)12-18(24)27-13-14-4-2-1-3-5-14/h1-9,17H,10-13H2,(H,22,25). The third-order valence-electron chi connectivity index (χ3n) is 4.29. The summed E-state index contributed by atoms with van der Waals surface area (Å²) in [5.41, 5.74) is 1.33. The van der Waals surface area contributed by atoms with Crippen molar-refractivity contribution in [1.29, 1.82) is 0 Å². The van der Waals surface area contributed by atoms with Crippen LogP contribution in [0.2, 0.25) is 0 Å². The minimum absolute atomic E-state index is 0.134. The number of nitrogens with zero attached hydrogens (tertiary/aromatic N) is 1. The number of piperazine rings is 1. The number of esters is 1. The first-order valence-electron chi connectivity index (χ1n) is 8.58. The molecule has 1 heterocycles. The number of benzene rings is 2. The van der Waals surface area contributed by atoms with Crippen LogP contribution in [0, 0.1) is 0 Å². The summed E-state index contributed by atoms with van der Waals surface area (Å²) in [5.74, 6) is -1.14. The first-order valence-corrected chi connectivity index (χ1v) is 9.37. The fourth-order valence-electron chi connectivity index (χ4n) is 2.87. The predicted octanol–water partition coefficient (Wildman–Crippen LogP) is 2.52. The van der Waals surface area contributed by atoms with E-state index in [9.17, 15) is 14.4 Å². The van der Waals surface area contributed by atoms with Crippen LogP contribution < -0.4 is 5.32 Å². The summed E-state index contributed by atoms with van der Waals surface area (Å²) in [7, 11) is 0.